The number of nitrogens with zero attached hydrogens (tertiary/aromatic N) is 1. The fourth-order valence-corrected chi connectivity index (χ4v) is 1.81. The summed E-state index contributed by atoms with van der Waals surface area (Å²) >= 11 is 0. The van der Waals surface area contributed by atoms with Crippen LogP contribution >= 0.6 is 0 Å². The van der Waals surface area contributed by atoms with Crippen LogP contribution in [-0.4, -0.2) is 10.5 Å². The van der Waals surface area contributed by atoms with Gasteiger partial charge in [0.15, 0.2) is 0 Å². The fourth-order valence-electron chi connectivity index (χ4n) is 1.81. The van der Waals surface area contributed by atoms with Crippen molar-refractivity contribution in [1.29, 1.82) is 0 Å². The lowest BCUT2D eigenvalue weighted by Gasteiger charge is -2.10. The van der Waals surface area contributed by atoms with Crippen LogP contribution in [0.2, 0.25) is 0 Å². The molecule has 0 radical (unpaired) electrons. The zero-order valence-corrected chi connectivity index (χ0v) is 11.0. The van der Waals surface area contributed by atoms with E-state index in [-0.39, 0.29) is 18.0 Å². The lowest BCUT2D eigenvalue weighted by molar-refractivity contribution is -0.116. The Hall–Kier alpha value is -2.36. The lowest BCUT2D eigenvalue weighted by atomic mass is 10.1. The monoisotopic (exact) mass is 256 g/mol. The molecular weight excluding hydrogens is 240 g/mol. The minimum atomic E-state index is -0.206. The molecular formula is C15H16N2O2. The van der Waals surface area contributed by atoms with Gasteiger partial charge in [-0.1, -0.05) is 18.2 Å². The van der Waals surface area contributed by atoms with E-state index in [1.807, 2.05) is 32.0 Å². The van der Waals surface area contributed by atoms with Crippen LogP contribution in [0.4, 0.5) is 5.69 Å². The first-order chi connectivity index (χ1) is 9.06. The van der Waals surface area contributed by atoms with Crippen LogP contribution < -0.4 is 10.9 Å². The Kier molecular flexibility index (Phi) is 3.80. The van der Waals surface area contributed by atoms with Gasteiger partial charge in [0, 0.05) is 18.0 Å². The van der Waals surface area contributed by atoms with E-state index in [4.69, 9.17) is 0 Å². The first-order valence-electron chi connectivity index (χ1n) is 6.09. The minimum Gasteiger partial charge on any atom is -0.324 e. The predicted octanol–water partition coefficient (Wildman–Crippen LogP) is 2.10. The summed E-state index contributed by atoms with van der Waals surface area (Å²) in [7, 11) is 0. The van der Waals surface area contributed by atoms with Crippen LogP contribution in [0.1, 0.15) is 11.1 Å². The molecule has 98 valence electrons. The van der Waals surface area contributed by atoms with E-state index < -0.39 is 0 Å². The Labute approximate surface area is 111 Å². The van der Waals surface area contributed by atoms with E-state index in [0.29, 0.717) is 0 Å². The van der Waals surface area contributed by atoms with Gasteiger partial charge in [-0.25, -0.2) is 0 Å². The van der Waals surface area contributed by atoms with E-state index in [1.54, 1.807) is 18.3 Å². The fraction of sp³-hybridized carbons (Fsp3) is 0.200. The molecule has 0 unspecified atom stereocenters. The van der Waals surface area contributed by atoms with Gasteiger partial charge >= 0.3 is 0 Å². The van der Waals surface area contributed by atoms with Crippen LogP contribution in [0.3, 0.4) is 0 Å². The number of pyridine rings is 1. The number of hydrogen-bond acceptors (Lipinski definition) is 2. The zero-order valence-electron chi connectivity index (χ0n) is 11.0. The second-order valence-corrected chi connectivity index (χ2v) is 4.53. The third-order valence-corrected chi connectivity index (χ3v) is 2.88. The van der Waals surface area contributed by atoms with Crippen molar-refractivity contribution in [3.63, 3.8) is 0 Å². The van der Waals surface area contributed by atoms with Crippen LogP contribution in [0, 0.1) is 13.8 Å². The summed E-state index contributed by atoms with van der Waals surface area (Å²) in [6.45, 7) is 3.92. The van der Waals surface area contributed by atoms with Crippen molar-refractivity contribution in [1.82, 2.24) is 4.57 Å². The molecule has 2 aromatic rings. The Morgan fingerprint density at radius 2 is 2.00 bits per heavy atom. The van der Waals surface area contributed by atoms with Crippen molar-refractivity contribution in [3.8, 4) is 0 Å². The molecule has 0 saturated heterocycles. The molecule has 0 aliphatic heterocycles. The molecule has 1 amide bonds. The summed E-state index contributed by atoms with van der Waals surface area (Å²) in [5.41, 5.74) is 2.68. The normalized spacial score (nSPS) is 10.2. The van der Waals surface area contributed by atoms with Gasteiger partial charge in [0.25, 0.3) is 5.56 Å². The number of benzene rings is 1. The molecule has 1 aromatic heterocycles. The Morgan fingerprint density at radius 1 is 1.21 bits per heavy atom. The van der Waals surface area contributed by atoms with Crippen molar-refractivity contribution in [2.24, 2.45) is 0 Å². The van der Waals surface area contributed by atoms with Gasteiger partial charge in [0.05, 0.1) is 0 Å². The van der Waals surface area contributed by atoms with Crippen LogP contribution in [0.25, 0.3) is 0 Å². The molecule has 0 bridgehead atoms. The van der Waals surface area contributed by atoms with Crippen LogP contribution in [-0.2, 0) is 11.3 Å². The minimum absolute atomic E-state index is 0.0209. The molecule has 2 rings (SSSR count). The number of aryl methyl sites for hydroxylation is 2. The average Bonchev–Trinajstić information content (AvgIpc) is 2.37. The standard InChI is InChI=1S/C15H16N2O2/c1-11-6-7-12(2)13(9-11)16-14(18)10-17-8-4-3-5-15(17)19/h3-9H,10H2,1-2H3,(H,16,18). The molecule has 1 heterocycles. The highest BCUT2D eigenvalue weighted by molar-refractivity contribution is 5.91. The maximum absolute atomic E-state index is 11.9. The summed E-state index contributed by atoms with van der Waals surface area (Å²) in [6.07, 6.45) is 1.60. The zero-order chi connectivity index (χ0) is 13.8. The number of carbonyl (C=O) groups is 1. The largest absolute Gasteiger partial charge is 0.324 e. The molecule has 0 aliphatic rings. The number of anilines is 1. The topological polar surface area (TPSA) is 51.1 Å². The maximum Gasteiger partial charge on any atom is 0.250 e. The smallest absolute Gasteiger partial charge is 0.250 e. The molecule has 0 fully saturated rings. The van der Waals surface area contributed by atoms with Crippen molar-refractivity contribution < 1.29 is 4.79 Å². The van der Waals surface area contributed by atoms with Gasteiger partial charge in [-0.2, -0.15) is 0 Å². The Morgan fingerprint density at radius 3 is 2.74 bits per heavy atom. The van der Waals surface area contributed by atoms with Gasteiger partial charge in [0.2, 0.25) is 5.91 Å². The number of carbonyl (C=O) groups excluding carboxylic acids is 1. The molecule has 1 aromatic carbocycles. The second kappa shape index (κ2) is 5.52. The van der Waals surface area contributed by atoms with Crippen molar-refractivity contribution >= 4 is 11.6 Å². The van der Waals surface area contributed by atoms with Gasteiger partial charge in [0.1, 0.15) is 6.54 Å². The number of aromatic nitrogens is 1. The second-order valence-electron chi connectivity index (χ2n) is 4.53. The molecule has 0 spiro atoms. The highest BCUT2D eigenvalue weighted by Crippen LogP contribution is 2.16. The SMILES string of the molecule is Cc1ccc(C)c(NC(=O)Cn2ccccc2=O)c1. The van der Waals surface area contributed by atoms with E-state index in [0.717, 1.165) is 16.8 Å². The summed E-state index contributed by atoms with van der Waals surface area (Å²) < 4.78 is 1.38. The third kappa shape index (κ3) is 3.31. The molecule has 4 nitrogen and oxygen atoms in total. The lowest BCUT2D eigenvalue weighted by Crippen LogP contribution is -2.26. The van der Waals surface area contributed by atoms with E-state index in [2.05, 4.69) is 5.32 Å². The number of nitrogens with one attached hydrogen (secondary N) is 1. The molecule has 0 atom stereocenters. The predicted molar refractivity (Wildman–Crippen MR) is 75.2 cm³/mol. The summed E-state index contributed by atoms with van der Waals surface area (Å²) in [5.74, 6) is -0.206. The number of rotatable bonds is 3. The van der Waals surface area contributed by atoms with Gasteiger partial charge < -0.3 is 9.88 Å². The van der Waals surface area contributed by atoms with Crippen molar-refractivity contribution in [3.05, 3.63) is 64.1 Å². The summed E-state index contributed by atoms with van der Waals surface area (Å²) in [6, 6.07) is 10.7. The Bertz CT molecular complexity index is 659. The highest BCUT2D eigenvalue weighted by atomic mass is 16.2. The molecule has 1 N–H and O–H groups in total. The summed E-state index contributed by atoms with van der Waals surface area (Å²) in [4.78, 5) is 23.4. The molecule has 0 aliphatic carbocycles. The highest BCUT2D eigenvalue weighted by Gasteiger charge is 2.06. The maximum atomic E-state index is 11.9. The van der Waals surface area contributed by atoms with Crippen LogP contribution in [0.5, 0.6) is 0 Å². The van der Waals surface area contributed by atoms with E-state index in [1.165, 1.54) is 10.6 Å². The van der Waals surface area contributed by atoms with Crippen molar-refractivity contribution in [2.45, 2.75) is 20.4 Å². The van der Waals surface area contributed by atoms with Crippen molar-refractivity contribution in [2.75, 3.05) is 5.32 Å². The first-order valence-corrected chi connectivity index (χ1v) is 6.09. The van der Waals surface area contributed by atoms with Gasteiger partial charge in [-0.05, 0) is 37.1 Å². The van der Waals surface area contributed by atoms with Gasteiger partial charge in [-0.15, -0.1) is 0 Å². The van der Waals surface area contributed by atoms with E-state index >= 15 is 0 Å². The molecule has 0 saturated carbocycles. The Balaban J connectivity index is 2.12. The average molecular weight is 256 g/mol. The molecule has 19 heavy (non-hydrogen) atoms. The number of hydrogen-bond donors (Lipinski definition) is 1. The number of amides is 1. The third-order valence-electron chi connectivity index (χ3n) is 2.88. The quantitative estimate of drug-likeness (QED) is 0.914. The summed E-state index contributed by atoms with van der Waals surface area (Å²) in [5, 5.41) is 2.83. The van der Waals surface area contributed by atoms with Crippen LogP contribution in [0.15, 0.2) is 47.4 Å². The van der Waals surface area contributed by atoms with Gasteiger partial charge in [-0.3, -0.25) is 9.59 Å². The van der Waals surface area contributed by atoms with E-state index in [9.17, 15) is 9.59 Å². The first kappa shape index (κ1) is 13.1. The molecule has 4 heteroatoms.